The molecule has 0 aliphatic heterocycles. The van der Waals surface area contributed by atoms with Gasteiger partial charge in [-0.25, -0.2) is 4.79 Å². The van der Waals surface area contributed by atoms with Crippen LogP contribution in [0.25, 0.3) is 0 Å². The van der Waals surface area contributed by atoms with Gasteiger partial charge >= 0.3 is 5.97 Å². The number of hydrogen-bond donors (Lipinski definition) is 2. The van der Waals surface area contributed by atoms with Gasteiger partial charge in [-0.2, -0.15) is 0 Å². The fourth-order valence-electron chi connectivity index (χ4n) is 2.16. The molecule has 18 heavy (non-hydrogen) atoms. The van der Waals surface area contributed by atoms with E-state index in [9.17, 15) is 9.59 Å². The normalized spacial score (nSPS) is 23.4. The van der Waals surface area contributed by atoms with Gasteiger partial charge < -0.3 is 10.4 Å². The molecular weight excluding hydrogens is 250 g/mol. The van der Waals surface area contributed by atoms with Gasteiger partial charge in [-0.3, -0.25) is 4.79 Å². The molecule has 4 nitrogen and oxygen atoms in total. The van der Waals surface area contributed by atoms with Crippen molar-refractivity contribution in [3.63, 3.8) is 0 Å². The summed E-state index contributed by atoms with van der Waals surface area (Å²) in [5.74, 6) is -0.843. The van der Waals surface area contributed by atoms with E-state index in [1.807, 2.05) is 12.3 Å². The summed E-state index contributed by atoms with van der Waals surface area (Å²) in [4.78, 5) is 24.0. The largest absolute Gasteiger partial charge is 0.480 e. The van der Waals surface area contributed by atoms with E-state index < -0.39 is 12.0 Å². The SMILES string of the molecule is CC[C@H](NC(=O)[C@H]1C[C@@H]1c1sccc1C)C(=O)O. The molecule has 0 bridgehead atoms. The first-order valence-electron chi connectivity index (χ1n) is 6.11. The van der Waals surface area contributed by atoms with Crippen LogP contribution in [0.5, 0.6) is 0 Å². The smallest absolute Gasteiger partial charge is 0.326 e. The van der Waals surface area contributed by atoms with Gasteiger partial charge in [-0.15, -0.1) is 11.3 Å². The first-order valence-corrected chi connectivity index (χ1v) is 6.99. The summed E-state index contributed by atoms with van der Waals surface area (Å²) in [7, 11) is 0. The highest BCUT2D eigenvalue weighted by atomic mass is 32.1. The zero-order valence-electron chi connectivity index (χ0n) is 10.5. The van der Waals surface area contributed by atoms with Gasteiger partial charge in [-0.1, -0.05) is 6.92 Å². The van der Waals surface area contributed by atoms with Crippen molar-refractivity contribution in [1.82, 2.24) is 5.32 Å². The summed E-state index contributed by atoms with van der Waals surface area (Å²) in [6.45, 7) is 3.80. The summed E-state index contributed by atoms with van der Waals surface area (Å²) >= 11 is 1.68. The standard InChI is InChI=1S/C13H17NO3S/c1-3-10(13(16)17)14-12(15)9-6-8(9)11-7(2)4-5-18-11/h4-5,8-10H,3,6H2,1-2H3,(H,14,15)(H,16,17)/t8-,9-,10-/m0/s1. The Morgan fingerprint density at radius 1 is 1.61 bits per heavy atom. The van der Waals surface area contributed by atoms with Crippen LogP contribution in [0, 0.1) is 12.8 Å². The summed E-state index contributed by atoms with van der Waals surface area (Å²) in [5.41, 5.74) is 1.23. The molecule has 1 saturated carbocycles. The quantitative estimate of drug-likeness (QED) is 0.859. The lowest BCUT2D eigenvalue weighted by atomic mass is 10.1. The topological polar surface area (TPSA) is 66.4 Å². The molecule has 0 unspecified atom stereocenters. The molecule has 1 fully saturated rings. The molecule has 2 rings (SSSR count). The summed E-state index contributed by atoms with van der Waals surface area (Å²) in [5, 5.41) is 13.5. The second kappa shape index (κ2) is 5.10. The maximum Gasteiger partial charge on any atom is 0.326 e. The highest BCUT2D eigenvalue weighted by Gasteiger charge is 2.45. The molecule has 5 heteroatoms. The molecule has 0 spiro atoms. The van der Waals surface area contributed by atoms with Crippen LogP contribution in [0.3, 0.4) is 0 Å². The van der Waals surface area contributed by atoms with Crippen LogP contribution < -0.4 is 5.32 Å². The van der Waals surface area contributed by atoms with Crippen molar-refractivity contribution in [2.75, 3.05) is 0 Å². The summed E-state index contributed by atoms with van der Waals surface area (Å²) in [6.07, 6.45) is 1.25. The number of nitrogens with one attached hydrogen (secondary N) is 1. The molecular formula is C13H17NO3S. The van der Waals surface area contributed by atoms with Gasteiger partial charge in [0.25, 0.3) is 0 Å². The van der Waals surface area contributed by atoms with E-state index >= 15 is 0 Å². The maximum atomic E-state index is 11.9. The number of carboxylic acids is 1. The van der Waals surface area contributed by atoms with E-state index in [2.05, 4.69) is 11.4 Å². The van der Waals surface area contributed by atoms with Gasteiger partial charge in [0.05, 0.1) is 0 Å². The van der Waals surface area contributed by atoms with E-state index in [0.29, 0.717) is 6.42 Å². The minimum absolute atomic E-state index is 0.0456. The van der Waals surface area contributed by atoms with Gasteiger partial charge in [0.2, 0.25) is 5.91 Å². The van der Waals surface area contributed by atoms with Crippen molar-refractivity contribution >= 4 is 23.2 Å². The third kappa shape index (κ3) is 2.56. The Bertz CT molecular complexity index is 469. The first-order chi connectivity index (χ1) is 8.54. The van der Waals surface area contributed by atoms with Crippen LogP contribution >= 0.6 is 11.3 Å². The van der Waals surface area contributed by atoms with Gasteiger partial charge in [-0.05, 0) is 36.8 Å². The molecule has 0 aromatic carbocycles. The van der Waals surface area contributed by atoms with Crippen LogP contribution in [0.2, 0.25) is 0 Å². The lowest BCUT2D eigenvalue weighted by Gasteiger charge is -2.11. The molecule has 1 aliphatic carbocycles. The highest BCUT2D eigenvalue weighted by Crippen LogP contribution is 2.50. The number of thiophene rings is 1. The molecule has 1 aromatic rings. The van der Waals surface area contributed by atoms with Crippen LogP contribution in [0.15, 0.2) is 11.4 Å². The Kier molecular flexibility index (Phi) is 3.71. The molecule has 1 aromatic heterocycles. The molecule has 1 heterocycles. The van der Waals surface area contributed by atoms with Gasteiger partial charge in [0, 0.05) is 16.7 Å². The number of carboxylic acid groups (broad SMARTS) is 1. The number of aliphatic carboxylic acids is 1. The van der Waals surface area contributed by atoms with E-state index in [-0.39, 0.29) is 17.7 Å². The van der Waals surface area contributed by atoms with Crippen molar-refractivity contribution in [3.05, 3.63) is 21.9 Å². The average Bonchev–Trinajstić information content (AvgIpc) is 3.01. The minimum Gasteiger partial charge on any atom is -0.480 e. The van der Waals surface area contributed by atoms with Crippen molar-refractivity contribution in [1.29, 1.82) is 0 Å². The molecule has 1 amide bonds. The Balaban J connectivity index is 1.94. The molecule has 0 radical (unpaired) electrons. The van der Waals surface area contributed by atoms with Crippen LogP contribution in [-0.2, 0) is 9.59 Å². The van der Waals surface area contributed by atoms with Crippen LogP contribution in [0.1, 0.15) is 36.1 Å². The van der Waals surface area contributed by atoms with E-state index in [1.165, 1.54) is 10.4 Å². The molecule has 3 atom stereocenters. The Hall–Kier alpha value is -1.36. The number of carbonyl (C=O) groups is 2. The van der Waals surface area contributed by atoms with E-state index in [0.717, 1.165) is 6.42 Å². The first kappa shape index (κ1) is 13.1. The Morgan fingerprint density at radius 2 is 2.33 bits per heavy atom. The number of hydrogen-bond acceptors (Lipinski definition) is 3. The number of carbonyl (C=O) groups excluding carboxylic acids is 1. The highest BCUT2D eigenvalue weighted by molar-refractivity contribution is 7.10. The van der Waals surface area contributed by atoms with Gasteiger partial charge in [0.15, 0.2) is 0 Å². The maximum absolute atomic E-state index is 11.9. The molecule has 2 N–H and O–H groups in total. The van der Waals surface area contributed by atoms with Crippen molar-refractivity contribution < 1.29 is 14.7 Å². The predicted molar refractivity (Wildman–Crippen MR) is 69.8 cm³/mol. The van der Waals surface area contributed by atoms with E-state index in [1.54, 1.807) is 18.3 Å². The van der Waals surface area contributed by atoms with E-state index in [4.69, 9.17) is 5.11 Å². The Morgan fingerprint density at radius 3 is 2.83 bits per heavy atom. The molecule has 98 valence electrons. The third-order valence-electron chi connectivity index (χ3n) is 3.39. The average molecular weight is 267 g/mol. The number of rotatable bonds is 5. The third-order valence-corrected chi connectivity index (χ3v) is 4.54. The van der Waals surface area contributed by atoms with Crippen molar-refractivity contribution in [2.45, 2.75) is 38.6 Å². The van der Waals surface area contributed by atoms with Crippen LogP contribution in [-0.4, -0.2) is 23.0 Å². The van der Waals surface area contributed by atoms with Crippen molar-refractivity contribution in [3.8, 4) is 0 Å². The monoisotopic (exact) mass is 267 g/mol. The lowest BCUT2D eigenvalue weighted by Crippen LogP contribution is -2.41. The van der Waals surface area contributed by atoms with Gasteiger partial charge in [0.1, 0.15) is 6.04 Å². The predicted octanol–water partition coefficient (Wildman–Crippen LogP) is 2.14. The Labute approximate surface area is 110 Å². The summed E-state index contributed by atoms with van der Waals surface area (Å²) < 4.78 is 0. The zero-order valence-corrected chi connectivity index (χ0v) is 11.3. The second-order valence-corrected chi connectivity index (χ2v) is 5.67. The van der Waals surface area contributed by atoms with Crippen molar-refractivity contribution in [2.24, 2.45) is 5.92 Å². The lowest BCUT2D eigenvalue weighted by molar-refractivity contribution is -0.142. The summed E-state index contributed by atoms with van der Waals surface area (Å²) in [6, 6.07) is 1.29. The zero-order chi connectivity index (χ0) is 13.3. The second-order valence-electron chi connectivity index (χ2n) is 4.72. The number of amides is 1. The fourth-order valence-corrected chi connectivity index (χ4v) is 3.26. The number of aryl methyl sites for hydroxylation is 1. The van der Waals surface area contributed by atoms with Crippen LogP contribution in [0.4, 0.5) is 0 Å². The fraction of sp³-hybridized carbons (Fsp3) is 0.538. The molecule has 1 aliphatic rings. The minimum atomic E-state index is -0.963. The molecule has 0 saturated heterocycles.